The van der Waals surface area contributed by atoms with Crippen LogP contribution < -0.4 is 0 Å². The molecule has 0 saturated carbocycles. The van der Waals surface area contributed by atoms with Gasteiger partial charge in [0.1, 0.15) is 5.76 Å². The van der Waals surface area contributed by atoms with Gasteiger partial charge < -0.3 is 10.1 Å². The van der Waals surface area contributed by atoms with Crippen molar-refractivity contribution in [3.05, 3.63) is 46.9 Å². The van der Waals surface area contributed by atoms with Crippen molar-refractivity contribution in [2.45, 2.75) is 0 Å². The standard InChI is InChI=1S/C12H8ClN5O2/c13-8-3-1-2-6-7(5-14-11(6)8)9(19)4-10(20)12-15-17-18-16-12/h1-5,14,19H,(H,15,16,17,18)/b9-4-. The Morgan fingerprint density at radius 1 is 1.40 bits per heavy atom. The topological polar surface area (TPSA) is 108 Å². The van der Waals surface area contributed by atoms with E-state index in [-0.39, 0.29) is 11.6 Å². The Bertz CT molecular complexity index is 806. The minimum Gasteiger partial charge on any atom is -0.507 e. The predicted octanol–water partition coefficient (Wildman–Crippen LogP) is 2.12. The first-order valence-corrected chi connectivity index (χ1v) is 5.99. The number of ketones is 1. The molecule has 3 aromatic rings. The molecular weight excluding hydrogens is 282 g/mol. The second kappa shape index (κ2) is 4.78. The summed E-state index contributed by atoms with van der Waals surface area (Å²) in [5.41, 5.74) is 1.16. The molecule has 3 N–H and O–H groups in total. The molecule has 2 heterocycles. The molecule has 0 saturated heterocycles. The van der Waals surface area contributed by atoms with Crippen molar-refractivity contribution in [2.24, 2.45) is 0 Å². The van der Waals surface area contributed by atoms with Gasteiger partial charge in [0.2, 0.25) is 11.6 Å². The molecule has 3 rings (SSSR count). The lowest BCUT2D eigenvalue weighted by atomic mass is 10.1. The lowest BCUT2D eigenvalue weighted by Crippen LogP contribution is -1.99. The molecule has 1 aromatic carbocycles. The van der Waals surface area contributed by atoms with Crippen LogP contribution in [0.5, 0.6) is 0 Å². The van der Waals surface area contributed by atoms with Crippen molar-refractivity contribution in [3.63, 3.8) is 0 Å². The summed E-state index contributed by atoms with van der Waals surface area (Å²) in [6.45, 7) is 0. The van der Waals surface area contributed by atoms with Crippen LogP contribution in [-0.2, 0) is 0 Å². The van der Waals surface area contributed by atoms with E-state index in [0.29, 0.717) is 21.5 Å². The molecule has 0 aliphatic carbocycles. The first-order chi connectivity index (χ1) is 9.66. The summed E-state index contributed by atoms with van der Waals surface area (Å²) in [6, 6.07) is 5.28. The zero-order valence-corrected chi connectivity index (χ0v) is 10.7. The van der Waals surface area contributed by atoms with E-state index in [9.17, 15) is 9.90 Å². The molecule has 8 heteroatoms. The predicted molar refractivity (Wildman–Crippen MR) is 72.4 cm³/mol. The summed E-state index contributed by atoms with van der Waals surface area (Å²) in [4.78, 5) is 14.7. The van der Waals surface area contributed by atoms with Gasteiger partial charge in [-0.15, -0.1) is 10.2 Å². The maximum absolute atomic E-state index is 11.8. The molecule has 2 aromatic heterocycles. The van der Waals surface area contributed by atoms with Gasteiger partial charge in [-0.25, -0.2) is 0 Å². The summed E-state index contributed by atoms with van der Waals surface area (Å²) >= 11 is 6.03. The normalized spacial score (nSPS) is 11.9. The van der Waals surface area contributed by atoms with Gasteiger partial charge in [-0.3, -0.25) is 4.79 Å². The van der Waals surface area contributed by atoms with E-state index in [1.165, 1.54) is 0 Å². The fraction of sp³-hybridized carbons (Fsp3) is 0. The van der Waals surface area contributed by atoms with E-state index in [2.05, 4.69) is 25.6 Å². The molecule has 0 fully saturated rings. The largest absolute Gasteiger partial charge is 0.507 e. The molecule has 20 heavy (non-hydrogen) atoms. The van der Waals surface area contributed by atoms with Crippen LogP contribution in [0.1, 0.15) is 16.2 Å². The van der Waals surface area contributed by atoms with E-state index >= 15 is 0 Å². The fourth-order valence-corrected chi connectivity index (χ4v) is 2.09. The molecule has 100 valence electrons. The number of aromatic nitrogens is 5. The number of tetrazole rings is 1. The lowest BCUT2D eigenvalue weighted by Gasteiger charge is -1.98. The van der Waals surface area contributed by atoms with E-state index < -0.39 is 5.78 Å². The number of carbonyl (C=O) groups excluding carboxylic acids is 1. The van der Waals surface area contributed by atoms with Crippen molar-refractivity contribution < 1.29 is 9.90 Å². The third-order valence-corrected chi connectivity index (χ3v) is 3.09. The van der Waals surface area contributed by atoms with E-state index in [0.717, 1.165) is 6.08 Å². The molecule has 0 aliphatic rings. The highest BCUT2D eigenvalue weighted by Gasteiger charge is 2.13. The number of aliphatic hydroxyl groups is 1. The Balaban J connectivity index is 2.03. The summed E-state index contributed by atoms with van der Waals surface area (Å²) in [6.07, 6.45) is 2.61. The number of hydrogen-bond donors (Lipinski definition) is 3. The molecule has 0 unspecified atom stereocenters. The number of nitrogens with zero attached hydrogens (tertiary/aromatic N) is 3. The highest BCUT2D eigenvalue weighted by Crippen LogP contribution is 2.28. The van der Waals surface area contributed by atoms with Crippen molar-refractivity contribution in [2.75, 3.05) is 0 Å². The minimum absolute atomic E-state index is 0.116. The summed E-state index contributed by atoms with van der Waals surface area (Å²) in [7, 11) is 0. The molecule has 0 atom stereocenters. The summed E-state index contributed by atoms with van der Waals surface area (Å²) in [5, 5.41) is 23.9. The number of allylic oxidation sites excluding steroid dienone is 1. The third-order valence-electron chi connectivity index (χ3n) is 2.77. The monoisotopic (exact) mass is 289 g/mol. The summed E-state index contributed by atoms with van der Waals surface area (Å²) < 4.78 is 0. The molecule has 0 amide bonds. The van der Waals surface area contributed by atoms with Crippen LogP contribution in [0.2, 0.25) is 5.02 Å². The van der Waals surface area contributed by atoms with Crippen LogP contribution in [0.25, 0.3) is 16.7 Å². The first kappa shape index (κ1) is 12.4. The number of hydrogen-bond acceptors (Lipinski definition) is 5. The van der Waals surface area contributed by atoms with Crippen LogP contribution >= 0.6 is 11.6 Å². The number of H-pyrrole nitrogens is 2. The quantitative estimate of drug-likeness (QED) is 0.389. The number of halogens is 1. The molecule has 7 nitrogen and oxygen atoms in total. The molecule has 0 aliphatic heterocycles. The Hall–Kier alpha value is -2.67. The van der Waals surface area contributed by atoms with E-state index in [1.807, 2.05) is 0 Å². The molecule has 0 radical (unpaired) electrons. The van der Waals surface area contributed by atoms with Crippen LogP contribution in [0.4, 0.5) is 0 Å². The van der Waals surface area contributed by atoms with Crippen LogP contribution in [0.15, 0.2) is 30.5 Å². The number of rotatable bonds is 3. The molecular formula is C12H8ClN5O2. The number of fused-ring (bicyclic) bond motifs is 1. The van der Waals surface area contributed by atoms with Gasteiger partial charge in [0.25, 0.3) is 0 Å². The van der Waals surface area contributed by atoms with Crippen molar-refractivity contribution in [3.8, 4) is 0 Å². The maximum atomic E-state index is 11.8. The SMILES string of the molecule is O=C(/C=C(\O)c1c[nH]c2c(Cl)cccc12)c1nn[nH]n1. The Kier molecular flexibility index (Phi) is 2.96. The summed E-state index contributed by atoms with van der Waals surface area (Å²) in [5.74, 6) is -0.865. The fourth-order valence-electron chi connectivity index (χ4n) is 1.86. The lowest BCUT2D eigenvalue weighted by molar-refractivity contribution is 0.103. The second-order valence-electron chi connectivity index (χ2n) is 3.99. The maximum Gasteiger partial charge on any atom is 0.244 e. The number of carbonyl (C=O) groups is 1. The van der Waals surface area contributed by atoms with Gasteiger partial charge in [-0.1, -0.05) is 23.7 Å². The van der Waals surface area contributed by atoms with Gasteiger partial charge in [0, 0.05) is 23.2 Å². The smallest absolute Gasteiger partial charge is 0.244 e. The first-order valence-electron chi connectivity index (χ1n) is 5.61. The van der Waals surface area contributed by atoms with Crippen molar-refractivity contribution in [1.82, 2.24) is 25.6 Å². The Labute approximate surface area is 117 Å². The van der Waals surface area contributed by atoms with E-state index in [1.54, 1.807) is 24.4 Å². The van der Waals surface area contributed by atoms with Gasteiger partial charge in [0.15, 0.2) is 0 Å². The zero-order chi connectivity index (χ0) is 14.1. The van der Waals surface area contributed by atoms with Crippen LogP contribution in [0, 0.1) is 0 Å². The zero-order valence-electron chi connectivity index (χ0n) is 9.96. The second-order valence-corrected chi connectivity index (χ2v) is 4.40. The average molecular weight is 290 g/mol. The van der Waals surface area contributed by atoms with Gasteiger partial charge in [-0.2, -0.15) is 5.21 Å². The van der Waals surface area contributed by atoms with Crippen LogP contribution in [-0.4, -0.2) is 36.5 Å². The number of nitrogens with one attached hydrogen (secondary N) is 2. The molecule has 0 spiro atoms. The van der Waals surface area contributed by atoms with Crippen molar-refractivity contribution in [1.29, 1.82) is 0 Å². The van der Waals surface area contributed by atoms with E-state index in [4.69, 9.17) is 11.6 Å². The number of aromatic amines is 2. The number of benzene rings is 1. The van der Waals surface area contributed by atoms with Crippen molar-refractivity contribution >= 4 is 34.0 Å². The van der Waals surface area contributed by atoms with Gasteiger partial charge in [-0.05, 0) is 11.3 Å². The Morgan fingerprint density at radius 3 is 3.00 bits per heavy atom. The number of para-hydroxylation sites is 1. The Morgan fingerprint density at radius 2 is 2.25 bits per heavy atom. The highest BCUT2D eigenvalue weighted by atomic mass is 35.5. The third kappa shape index (κ3) is 2.04. The number of aliphatic hydroxyl groups excluding tert-OH is 1. The minimum atomic E-state index is -0.548. The molecule has 0 bridgehead atoms. The highest BCUT2D eigenvalue weighted by molar-refractivity contribution is 6.35. The van der Waals surface area contributed by atoms with Crippen LogP contribution in [0.3, 0.4) is 0 Å². The average Bonchev–Trinajstić information content (AvgIpc) is 3.08. The van der Waals surface area contributed by atoms with Gasteiger partial charge in [0.05, 0.1) is 10.5 Å². The van der Waals surface area contributed by atoms with Gasteiger partial charge >= 0.3 is 0 Å².